The average Bonchev–Trinajstić information content (AvgIpc) is 3.34. The Bertz CT molecular complexity index is 1100. The molecule has 2 amide bonds. The standard InChI is InChI=1S/C22H27FN6O3/c1-6-16(21(31)24-22(3,4)5)29(17-10-8-7-9-15(17)23)19(30)13-28-26-20(25-27-28)18-12-11-14(2)32-18/h7-12,16H,6,13H2,1-5H3,(H,24,31). The van der Waals surface area contributed by atoms with Gasteiger partial charge in [0.1, 0.15) is 24.2 Å². The van der Waals surface area contributed by atoms with E-state index in [0.717, 1.165) is 9.70 Å². The number of nitrogens with one attached hydrogen (secondary N) is 1. The normalized spacial score (nSPS) is 12.4. The van der Waals surface area contributed by atoms with Crippen molar-refractivity contribution < 1.29 is 18.4 Å². The Morgan fingerprint density at radius 1 is 1.22 bits per heavy atom. The van der Waals surface area contributed by atoms with Crippen molar-refractivity contribution in [3.05, 3.63) is 48.0 Å². The number of hydrogen-bond acceptors (Lipinski definition) is 6. The van der Waals surface area contributed by atoms with Crippen LogP contribution in [-0.2, 0) is 16.1 Å². The molecule has 1 N–H and O–H groups in total. The van der Waals surface area contributed by atoms with Crippen LogP contribution in [0.15, 0.2) is 40.8 Å². The molecule has 10 heteroatoms. The van der Waals surface area contributed by atoms with Gasteiger partial charge in [0, 0.05) is 5.54 Å². The third-order valence-corrected chi connectivity index (χ3v) is 4.57. The second-order valence-corrected chi connectivity index (χ2v) is 8.43. The molecule has 0 fully saturated rings. The molecule has 0 saturated carbocycles. The summed E-state index contributed by atoms with van der Waals surface area (Å²) in [6, 6.07) is 8.39. The molecule has 32 heavy (non-hydrogen) atoms. The van der Waals surface area contributed by atoms with Crippen molar-refractivity contribution in [2.24, 2.45) is 0 Å². The summed E-state index contributed by atoms with van der Waals surface area (Å²) < 4.78 is 20.2. The van der Waals surface area contributed by atoms with Crippen LogP contribution in [0.25, 0.3) is 11.6 Å². The molecule has 1 aromatic carbocycles. The van der Waals surface area contributed by atoms with Crippen LogP contribution in [0.3, 0.4) is 0 Å². The zero-order valence-corrected chi connectivity index (χ0v) is 18.8. The fourth-order valence-electron chi connectivity index (χ4n) is 3.22. The molecule has 0 saturated heterocycles. The fourth-order valence-corrected chi connectivity index (χ4v) is 3.22. The van der Waals surface area contributed by atoms with Gasteiger partial charge < -0.3 is 9.73 Å². The molecule has 0 aliphatic heterocycles. The lowest BCUT2D eigenvalue weighted by molar-refractivity contribution is -0.128. The number of nitrogens with zero attached hydrogens (tertiary/aromatic N) is 5. The highest BCUT2D eigenvalue weighted by molar-refractivity contribution is 6.00. The largest absolute Gasteiger partial charge is 0.458 e. The Hall–Kier alpha value is -3.56. The number of halogens is 1. The van der Waals surface area contributed by atoms with E-state index in [0.29, 0.717) is 11.5 Å². The van der Waals surface area contributed by atoms with E-state index in [2.05, 4.69) is 20.7 Å². The van der Waals surface area contributed by atoms with E-state index < -0.39 is 23.3 Å². The number of tetrazole rings is 1. The first kappa shape index (κ1) is 23.1. The lowest BCUT2D eigenvalue weighted by Crippen LogP contribution is -2.54. The molecular weight excluding hydrogens is 415 g/mol. The number of furan rings is 1. The van der Waals surface area contributed by atoms with Gasteiger partial charge in [0.15, 0.2) is 5.76 Å². The maximum Gasteiger partial charge on any atom is 0.251 e. The zero-order valence-electron chi connectivity index (χ0n) is 18.8. The van der Waals surface area contributed by atoms with E-state index in [9.17, 15) is 14.0 Å². The van der Waals surface area contributed by atoms with Crippen LogP contribution in [0.4, 0.5) is 10.1 Å². The Labute approximate surface area is 185 Å². The van der Waals surface area contributed by atoms with Gasteiger partial charge in [-0.3, -0.25) is 14.5 Å². The minimum atomic E-state index is -0.922. The molecule has 2 heterocycles. The first-order chi connectivity index (χ1) is 15.1. The van der Waals surface area contributed by atoms with E-state index in [1.165, 1.54) is 18.2 Å². The number of anilines is 1. The Kier molecular flexibility index (Phi) is 6.71. The molecule has 3 rings (SSSR count). The summed E-state index contributed by atoms with van der Waals surface area (Å²) >= 11 is 0. The molecule has 9 nitrogen and oxygen atoms in total. The summed E-state index contributed by atoms with van der Waals surface area (Å²) in [5.74, 6) is -0.209. The zero-order chi connectivity index (χ0) is 23.5. The number of hydrogen-bond donors (Lipinski definition) is 1. The number of benzene rings is 1. The van der Waals surface area contributed by atoms with Gasteiger partial charge in [0.05, 0.1) is 5.69 Å². The molecule has 170 valence electrons. The summed E-state index contributed by atoms with van der Waals surface area (Å²) in [6.45, 7) is 8.73. The van der Waals surface area contributed by atoms with Gasteiger partial charge in [-0.25, -0.2) is 4.39 Å². The van der Waals surface area contributed by atoms with Crippen molar-refractivity contribution in [1.82, 2.24) is 25.5 Å². The predicted molar refractivity (Wildman–Crippen MR) is 116 cm³/mol. The molecule has 0 bridgehead atoms. The van der Waals surface area contributed by atoms with Crippen LogP contribution in [0.1, 0.15) is 39.9 Å². The van der Waals surface area contributed by atoms with E-state index in [-0.39, 0.29) is 30.4 Å². The van der Waals surface area contributed by atoms with Crippen LogP contribution in [0, 0.1) is 12.7 Å². The second-order valence-electron chi connectivity index (χ2n) is 8.43. The lowest BCUT2D eigenvalue weighted by Gasteiger charge is -2.33. The molecule has 3 aromatic rings. The van der Waals surface area contributed by atoms with E-state index in [4.69, 9.17) is 4.42 Å². The number of rotatable bonds is 7. The molecule has 0 aliphatic rings. The van der Waals surface area contributed by atoms with E-state index in [1.54, 1.807) is 32.0 Å². The van der Waals surface area contributed by atoms with Crippen molar-refractivity contribution >= 4 is 17.5 Å². The number of carbonyl (C=O) groups is 2. The van der Waals surface area contributed by atoms with Crippen molar-refractivity contribution in [3.8, 4) is 11.6 Å². The van der Waals surface area contributed by atoms with Gasteiger partial charge in [0.25, 0.3) is 5.91 Å². The Morgan fingerprint density at radius 2 is 1.94 bits per heavy atom. The number of amides is 2. The van der Waals surface area contributed by atoms with Crippen molar-refractivity contribution in [2.75, 3.05) is 4.90 Å². The van der Waals surface area contributed by atoms with Gasteiger partial charge in [-0.15, -0.1) is 10.2 Å². The van der Waals surface area contributed by atoms with Crippen molar-refractivity contribution in [1.29, 1.82) is 0 Å². The van der Waals surface area contributed by atoms with Gasteiger partial charge in [-0.05, 0) is 63.6 Å². The monoisotopic (exact) mass is 442 g/mol. The van der Waals surface area contributed by atoms with Crippen molar-refractivity contribution in [3.63, 3.8) is 0 Å². The number of para-hydroxylation sites is 1. The lowest BCUT2D eigenvalue weighted by atomic mass is 10.1. The molecule has 0 aliphatic carbocycles. The minimum Gasteiger partial charge on any atom is -0.458 e. The van der Waals surface area contributed by atoms with E-state index in [1.807, 2.05) is 20.8 Å². The van der Waals surface area contributed by atoms with Gasteiger partial charge >= 0.3 is 0 Å². The average molecular weight is 442 g/mol. The highest BCUT2D eigenvalue weighted by Crippen LogP contribution is 2.24. The third-order valence-electron chi connectivity index (χ3n) is 4.57. The number of carbonyl (C=O) groups excluding carboxylic acids is 2. The molecule has 2 aromatic heterocycles. The summed E-state index contributed by atoms with van der Waals surface area (Å²) in [5.41, 5.74) is -0.506. The van der Waals surface area contributed by atoms with E-state index >= 15 is 0 Å². The first-order valence-electron chi connectivity index (χ1n) is 10.3. The quantitative estimate of drug-likeness (QED) is 0.603. The highest BCUT2D eigenvalue weighted by Gasteiger charge is 2.33. The predicted octanol–water partition coefficient (Wildman–Crippen LogP) is 3.11. The summed E-state index contributed by atoms with van der Waals surface area (Å²) in [4.78, 5) is 28.5. The Morgan fingerprint density at radius 3 is 2.53 bits per heavy atom. The van der Waals surface area contributed by atoms with Gasteiger partial charge in [-0.2, -0.15) is 4.80 Å². The summed E-state index contributed by atoms with van der Waals surface area (Å²) in [6.07, 6.45) is 0.281. The minimum absolute atomic E-state index is 0.00964. The summed E-state index contributed by atoms with van der Waals surface area (Å²) in [7, 11) is 0. The fraction of sp³-hybridized carbons (Fsp3) is 0.409. The van der Waals surface area contributed by atoms with Crippen LogP contribution >= 0.6 is 0 Å². The maximum atomic E-state index is 14.7. The highest BCUT2D eigenvalue weighted by atomic mass is 19.1. The van der Waals surface area contributed by atoms with Crippen LogP contribution < -0.4 is 10.2 Å². The first-order valence-corrected chi connectivity index (χ1v) is 10.3. The van der Waals surface area contributed by atoms with Crippen LogP contribution in [-0.4, -0.2) is 43.6 Å². The molecule has 0 radical (unpaired) electrons. The molecule has 0 spiro atoms. The topological polar surface area (TPSA) is 106 Å². The SMILES string of the molecule is CCC(C(=O)NC(C)(C)C)N(C(=O)Cn1nnc(-c2ccc(C)o2)n1)c1ccccc1F. The molecule has 1 unspecified atom stereocenters. The van der Waals surface area contributed by atoms with Crippen molar-refractivity contribution in [2.45, 2.75) is 59.2 Å². The number of aromatic nitrogens is 4. The summed E-state index contributed by atoms with van der Waals surface area (Å²) in [5, 5.41) is 14.9. The number of aryl methyl sites for hydroxylation is 1. The van der Waals surface area contributed by atoms with Gasteiger partial charge in [0.2, 0.25) is 11.7 Å². The van der Waals surface area contributed by atoms with Gasteiger partial charge in [-0.1, -0.05) is 19.1 Å². The second kappa shape index (κ2) is 9.29. The smallest absolute Gasteiger partial charge is 0.251 e. The molecule has 1 atom stereocenters. The van der Waals surface area contributed by atoms with Crippen LogP contribution in [0.2, 0.25) is 0 Å². The Balaban J connectivity index is 1.91. The maximum absolute atomic E-state index is 14.7. The third kappa shape index (κ3) is 5.37. The molecular formula is C22H27FN6O3. The van der Waals surface area contributed by atoms with Crippen LogP contribution in [0.5, 0.6) is 0 Å².